The van der Waals surface area contributed by atoms with Gasteiger partial charge in [-0.1, -0.05) is 0 Å². The molecule has 4 rings (SSSR count). The summed E-state index contributed by atoms with van der Waals surface area (Å²) in [5.41, 5.74) is -0.0509. The van der Waals surface area contributed by atoms with Crippen molar-refractivity contribution in [3.63, 3.8) is 0 Å². The Morgan fingerprint density at radius 3 is 1.43 bits per heavy atom. The Morgan fingerprint density at radius 2 is 1.00 bits per heavy atom. The van der Waals surface area contributed by atoms with Gasteiger partial charge >= 0.3 is 23.9 Å². The highest BCUT2D eigenvalue weighted by atomic mass is 16.6. The molecule has 4 aromatic rings. The molecule has 14 heteroatoms. The predicted molar refractivity (Wildman–Crippen MR) is 147 cm³/mol. The van der Waals surface area contributed by atoms with Gasteiger partial charge in [-0.25, -0.2) is 19.2 Å². The number of aliphatic hydroxyl groups excluding tert-OH is 1. The first kappa shape index (κ1) is 31.1. The Morgan fingerprint density at radius 1 is 0.591 bits per heavy atom. The third-order valence-electron chi connectivity index (χ3n) is 5.79. The van der Waals surface area contributed by atoms with Gasteiger partial charge in [0.1, 0.15) is 12.7 Å². The van der Waals surface area contributed by atoms with Gasteiger partial charge in [-0.2, -0.15) is 0 Å². The van der Waals surface area contributed by atoms with E-state index in [2.05, 4.69) is 19.9 Å². The number of hydrogen-bond acceptors (Lipinski definition) is 14. The molecule has 0 aliphatic rings. The summed E-state index contributed by atoms with van der Waals surface area (Å²) in [4.78, 5) is 79.7. The van der Waals surface area contributed by atoms with E-state index in [1.54, 1.807) is 0 Å². The monoisotopic (exact) mass is 600 g/mol. The molecule has 1 N–H and O–H groups in total. The molecule has 0 aliphatic heterocycles. The quantitative estimate of drug-likeness (QED) is 0.172. The van der Waals surface area contributed by atoms with Crippen LogP contribution in [0.4, 0.5) is 0 Å². The van der Waals surface area contributed by atoms with Crippen molar-refractivity contribution in [3.05, 3.63) is 120 Å². The summed E-state index contributed by atoms with van der Waals surface area (Å²) in [6.45, 7) is -1.76. The molecule has 0 unspecified atom stereocenters. The highest BCUT2D eigenvalue weighted by Gasteiger charge is 2.41. The van der Waals surface area contributed by atoms with Gasteiger partial charge in [0.05, 0.1) is 22.3 Å². The maximum absolute atomic E-state index is 13.5. The molecule has 14 nitrogen and oxygen atoms in total. The maximum Gasteiger partial charge on any atom is 0.340 e. The molecule has 224 valence electrons. The highest BCUT2D eigenvalue weighted by molar-refractivity contribution is 5.96. The second kappa shape index (κ2) is 15.4. The van der Waals surface area contributed by atoms with Crippen LogP contribution < -0.4 is 0 Å². The van der Waals surface area contributed by atoms with Crippen molar-refractivity contribution < 1.29 is 48.0 Å². The van der Waals surface area contributed by atoms with E-state index in [-0.39, 0.29) is 22.3 Å². The maximum atomic E-state index is 13.5. The fraction of sp³-hybridized carbons (Fsp3) is 0.167. The van der Waals surface area contributed by atoms with E-state index < -0.39 is 61.2 Å². The van der Waals surface area contributed by atoms with Crippen molar-refractivity contribution >= 4 is 29.7 Å². The normalized spacial score (nSPS) is 12.6. The summed E-state index contributed by atoms with van der Waals surface area (Å²) in [5, 5.41) is 11.1. The van der Waals surface area contributed by atoms with Crippen LogP contribution in [0.3, 0.4) is 0 Å². The first-order valence-corrected chi connectivity index (χ1v) is 12.9. The van der Waals surface area contributed by atoms with Crippen LogP contribution in [-0.4, -0.2) is 86.2 Å². The van der Waals surface area contributed by atoms with E-state index in [1.807, 2.05) is 0 Å². The molecule has 0 amide bonds. The molecular formula is C30H24N4O10. The van der Waals surface area contributed by atoms with Crippen LogP contribution in [0.5, 0.6) is 0 Å². The van der Waals surface area contributed by atoms with E-state index in [1.165, 1.54) is 91.9 Å². The summed E-state index contributed by atoms with van der Waals surface area (Å²) >= 11 is 0. The standard InChI is InChI=1S/C30H24N4O10/c35-23(17-41-27(37)19-5-1-9-31-13-19)25(43-29(39)21-7-3-11-33-15-21)26(44-30(40)22-8-4-12-34-16-22)24(36)18-42-28(38)20-6-2-10-32-14-20/h1-16,23,25-26,35H,17-18H2/t23-,25-,26-/m1/s1. The number of carbonyl (C=O) groups is 5. The lowest BCUT2D eigenvalue weighted by atomic mass is 10.0. The number of rotatable bonds is 13. The average Bonchev–Trinajstić information content (AvgIpc) is 3.08. The second-order valence-electron chi connectivity index (χ2n) is 8.87. The Labute approximate surface area is 249 Å². The zero-order valence-corrected chi connectivity index (χ0v) is 22.8. The lowest BCUT2D eigenvalue weighted by Crippen LogP contribution is -2.50. The van der Waals surface area contributed by atoms with E-state index in [4.69, 9.17) is 18.9 Å². The van der Waals surface area contributed by atoms with E-state index in [0.717, 1.165) is 6.20 Å². The number of ketones is 1. The van der Waals surface area contributed by atoms with Gasteiger partial charge in [-0.05, 0) is 48.5 Å². The molecule has 3 atom stereocenters. The number of hydrogen-bond donors (Lipinski definition) is 1. The molecule has 4 heterocycles. The Balaban J connectivity index is 1.61. The van der Waals surface area contributed by atoms with Gasteiger partial charge in [-0.15, -0.1) is 0 Å². The summed E-state index contributed by atoms with van der Waals surface area (Å²) in [6, 6.07) is 11.4. The zero-order valence-electron chi connectivity index (χ0n) is 22.8. The Bertz CT molecular complexity index is 1570. The molecule has 0 spiro atoms. The smallest absolute Gasteiger partial charge is 0.340 e. The molecular weight excluding hydrogens is 576 g/mol. The predicted octanol–water partition coefficient (Wildman–Crippen LogP) is 1.66. The SMILES string of the molecule is O=C(OCC(=O)[C@@H](OC(=O)c1cccnc1)[C@H](OC(=O)c1cccnc1)[C@H](O)COC(=O)c1cccnc1)c1cccnc1. The Hall–Kier alpha value is -5.89. The van der Waals surface area contributed by atoms with Crippen LogP contribution in [0.1, 0.15) is 41.4 Å². The molecule has 0 fully saturated rings. The number of aliphatic hydroxyl groups is 1. The fourth-order valence-corrected chi connectivity index (χ4v) is 3.61. The zero-order chi connectivity index (χ0) is 31.3. The van der Waals surface area contributed by atoms with Crippen LogP contribution >= 0.6 is 0 Å². The molecule has 0 radical (unpaired) electrons. The topological polar surface area (TPSA) is 194 Å². The van der Waals surface area contributed by atoms with Crippen LogP contribution in [0.25, 0.3) is 0 Å². The molecule has 0 saturated carbocycles. The summed E-state index contributed by atoms with van der Waals surface area (Å²) < 4.78 is 21.1. The van der Waals surface area contributed by atoms with Crippen molar-refractivity contribution in [2.75, 3.05) is 13.2 Å². The molecule has 44 heavy (non-hydrogen) atoms. The van der Waals surface area contributed by atoms with Gasteiger partial charge in [0.2, 0.25) is 11.9 Å². The first-order chi connectivity index (χ1) is 21.3. The third kappa shape index (κ3) is 8.56. The number of esters is 4. The van der Waals surface area contributed by atoms with Crippen LogP contribution in [0.15, 0.2) is 98.1 Å². The van der Waals surface area contributed by atoms with Crippen molar-refractivity contribution in [1.29, 1.82) is 0 Å². The third-order valence-corrected chi connectivity index (χ3v) is 5.79. The minimum Gasteiger partial charge on any atom is -0.459 e. The van der Waals surface area contributed by atoms with Gasteiger partial charge in [0.25, 0.3) is 0 Å². The van der Waals surface area contributed by atoms with Gasteiger partial charge in [0, 0.05) is 49.6 Å². The number of Topliss-reactive ketones (excluding diaryl/α,β-unsaturated/α-hetero) is 1. The van der Waals surface area contributed by atoms with Crippen LogP contribution in [0, 0.1) is 0 Å². The van der Waals surface area contributed by atoms with Crippen molar-refractivity contribution in [3.8, 4) is 0 Å². The molecule has 0 bridgehead atoms. The van der Waals surface area contributed by atoms with Crippen LogP contribution in [0.2, 0.25) is 0 Å². The first-order valence-electron chi connectivity index (χ1n) is 12.9. The Kier molecular flexibility index (Phi) is 10.8. The summed E-state index contributed by atoms with van der Waals surface area (Å²) in [6.07, 6.45) is 4.53. The lowest BCUT2D eigenvalue weighted by molar-refractivity contribution is -0.145. The number of nitrogens with zero attached hydrogens (tertiary/aromatic N) is 4. The van der Waals surface area contributed by atoms with Gasteiger partial charge in [-0.3, -0.25) is 24.7 Å². The molecule has 0 aromatic carbocycles. The van der Waals surface area contributed by atoms with E-state index >= 15 is 0 Å². The van der Waals surface area contributed by atoms with E-state index in [9.17, 15) is 29.1 Å². The summed E-state index contributed by atoms with van der Waals surface area (Å²) in [7, 11) is 0. The average molecular weight is 601 g/mol. The van der Waals surface area contributed by atoms with E-state index in [0.29, 0.717) is 0 Å². The minimum absolute atomic E-state index is 0.0334. The highest BCUT2D eigenvalue weighted by Crippen LogP contribution is 2.18. The van der Waals surface area contributed by atoms with Crippen molar-refractivity contribution in [2.24, 2.45) is 0 Å². The second-order valence-corrected chi connectivity index (χ2v) is 8.87. The van der Waals surface area contributed by atoms with Gasteiger partial charge in [0.15, 0.2) is 12.7 Å². The number of ether oxygens (including phenoxy) is 4. The van der Waals surface area contributed by atoms with Gasteiger partial charge < -0.3 is 24.1 Å². The van der Waals surface area contributed by atoms with Crippen molar-refractivity contribution in [1.82, 2.24) is 19.9 Å². The number of carbonyl (C=O) groups excluding carboxylic acids is 5. The largest absolute Gasteiger partial charge is 0.459 e. The number of aromatic nitrogens is 4. The lowest BCUT2D eigenvalue weighted by Gasteiger charge is -2.29. The summed E-state index contributed by atoms with van der Waals surface area (Å²) in [5.74, 6) is -4.99. The number of pyridine rings is 4. The fourth-order valence-electron chi connectivity index (χ4n) is 3.61. The molecule has 4 aromatic heterocycles. The van der Waals surface area contributed by atoms with Crippen molar-refractivity contribution in [2.45, 2.75) is 18.3 Å². The molecule has 0 saturated heterocycles. The minimum atomic E-state index is -2.04. The van der Waals surface area contributed by atoms with Crippen LogP contribution in [-0.2, 0) is 23.7 Å². The molecule has 0 aliphatic carbocycles.